The zero-order valence-electron chi connectivity index (χ0n) is 10.2. The summed E-state index contributed by atoms with van der Waals surface area (Å²) in [6, 6.07) is 0.164. The van der Waals surface area contributed by atoms with Crippen LogP contribution in [0.4, 0.5) is 0 Å². The van der Waals surface area contributed by atoms with Crippen molar-refractivity contribution in [1.29, 1.82) is 0 Å². The third kappa shape index (κ3) is 3.06. The van der Waals surface area contributed by atoms with E-state index in [1.54, 1.807) is 17.1 Å². The van der Waals surface area contributed by atoms with Gasteiger partial charge in [0.05, 0.1) is 6.33 Å². The van der Waals surface area contributed by atoms with Crippen molar-refractivity contribution in [3.05, 3.63) is 18.2 Å². The molecule has 17 heavy (non-hydrogen) atoms. The lowest BCUT2D eigenvalue weighted by atomic mass is 10.0. The smallest absolute Gasteiger partial charge is 0.271 e. The summed E-state index contributed by atoms with van der Waals surface area (Å²) in [5.74, 6) is -0.118. The van der Waals surface area contributed by atoms with Crippen LogP contribution in [0.25, 0.3) is 0 Å². The number of aromatic nitrogens is 2. The van der Waals surface area contributed by atoms with E-state index in [4.69, 9.17) is 5.73 Å². The van der Waals surface area contributed by atoms with Crippen LogP contribution < -0.4 is 11.1 Å². The zero-order chi connectivity index (χ0) is 12.3. The van der Waals surface area contributed by atoms with Gasteiger partial charge in [0.2, 0.25) is 0 Å². The molecule has 2 rings (SSSR count). The first-order valence-corrected chi connectivity index (χ1v) is 6.21. The fourth-order valence-corrected chi connectivity index (χ4v) is 2.29. The molecular formula is C12H20N4O. The second kappa shape index (κ2) is 5.31. The van der Waals surface area contributed by atoms with Gasteiger partial charge in [0, 0.05) is 25.3 Å². The lowest BCUT2D eigenvalue weighted by Gasteiger charge is -2.22. The SMILES string of the molecule is Cn1cnc(C(=O)NC2CCCCCC2N)c1. The van der Waals surface area contributed by atoms with E-state index in [0.29, 0.717) is 5.69 Å². The predicted molar refractivity (Wildman–Crippen MR) is 65.5 cm³/mol. The number of hydrogen-bond acceptors (Lipinski definition) is 3. The molecule has 3 N–H and O–H groups in total. The summed E-state index contributed by atoms with van der Waals surface area (Å²) in [4.78, 5) is 16.0. The van der Waals surface area contributed by atoms with Crippen LogP contribution in [0.5, 0.6) is 0 Å². The van der Waals surface area contributed by atoms with Gasteiger partial charge in [-0.25, -0.2) is 4.98 Å². The predicted octanol–water partition coefficient (Wildman–Crippen LogP) is 0.810. The number of carbonyl (C=O) groups is 1. The highest BCUT2D eigenvalue weighted by Crippen LogP contribution is 2.17. The van der Waals surface area contributed by atoms with E-state index in [1.807, 2.05) is 7.05 Å². The number of hydrogen-bond donors (Lipinski definition) is 2. The van der Waals surface area contributed by atoms with E-state index >= 15 is 0 Å². The van der Waals surface area contributed by atoms with Crippen molar-refractivity contribution in [3.63, 3.8) is 0 Å². The molecule has 5 heteroatoms. The highest BCUT2D eigenvalue weighted by molar-refractivity contribution is 5.92. The van der Waals surface area contributed by atoms with Gasteiger partial charge in [-0.15, -0.1) is 0 Å². The summed E-state index contributed by atoms with van der Waals surface area (Å²) in [5.41, 5.74) is 6.53. The first-order chi connectivity index (χ1) is 8.16. The molecule has 0 radical (unpaired) electrons. The van der Waals surface area contributed by atoms with Crippen molar-refractivity contribution in [2.24, 2.45) is 12.8 Å². The number of nitrogens with zero attached hydrogens (tertiary/aromatic N) is 2. The third-order valence-corrected chi connectivity index (χ3v) is 3.32. The second-order valence-electron chi connectivity index (χ2n) is 4.81. The Balaban J connectivity index is 1.97. The average Bonchev–Trinajstić information content (AvgIpc) is 2.63. The first kappa shape index (κ1) is 12.1. The average molecular weight is 236 g/mol. The molecule has 0 aromatic carbocycles. The van der Waals surface area contributed by atoms with Crippen molar-refractivity contribution < 1.29 is 4.79 Å². The zero-order valence-corrected chi connectivity index (χ0v) is 10.2. The maximum Gasteiger partial charge on any atom is 0.271 e. The summed E-state index contributed by atoms with van der Waals surface area (Å²) in [5, 5.41) is 3.00. The van der Waals surface area contributed by atoms with Crippen LogP contribution in [0.3, 0.4) is 0 Å². The Hall–Kier alpha value is -1.36. The monoisotopic (exact) mass is 236 g/mol. The van der Waals surface area contributed by atoms with Gasteiger partial charge in [-0.05, 0) is 12.8 Å². The summed E-state index contributed by atoms with van der Waals surface area (Å²) in [6.45, 7) is 0. The molecular weight excluding hydrogens is 216 g/mol. The molecule has 1 aromatic rings. The minimum Gasteiger partial charge on any atom is -0.346 e. The normalized spacial score (nSPS) is 25.3. The Morgan fingerprint density at radius 1 is 1.47 bits per heavy atom. The molecule has 1 saturated carbocycles. The van der Waals surface area contributed by atoms with Crippen LogP contribution in [-0.2, 0) is 7.05 Å². The van der Waals surface area contributed by atoms with E-state index in [0.717, 1.165) is 25.7 Å². The molecule has 5 nitrogen and oxygen atoms in total. The Kier molecular flexibility index (Phi) is 3.78. The Morgan fingerprint density at radius 2 is 2.24 bits per heavy atom. The highest BCUT2D eigenvalue weighted by atomic mass is 16.2. The van der Waals surface area contributed by atoms with Gasteiger partial charge in [0.15, 0.2) is 0 Å². The number of aryl methyl sites for hydroxylation is 1. The van der Waals surface area contributed by atoms with Crippen LogP contribution in [0.1, 0.15) is 42.6 Å². The number of amides is 1. The standard InChI is InChI=1S/C12H20N4O/c1-16-7-11(14-8-16)12(17)15-10-6-4-2-3-5-9(10)13/h7-10H,2-6,13H2,1H3,(H,15,17). The molecule has 1 aromatic heterocycles. The number of carbonyl (C=O) groups excluding carboxylic acids is 1. The Bertz CT molecular complexity index is 388. The van der Waals surface area contributed by atoms with Crippen LogP contribution in [-0.4, -0.2) is 27.5 Å². The molecule has 0 spiro atoms. The summed E-state index contributed by atoms with van der Waals surface area (Å²) in [6.07, 6.45) is 8.83. The fraction of sp³-hybridized carbons (Fsp3) is 0.667. The van der Waals surface area contributed by atoms with Gasteiger partial charge in [-0.1, -0.05) is 19.3 Å². The van der Waals surface area contributed by atoms with Crippen molar-refractivity contribution in [2.75, 3.05) is 0 Å². The first-order valence-electron chi connectivity index (χ1n) is 6.21. The fourth-order valence-electron chi connectivity index (χ4n) is 2.29. The van der Waals surface area contributed by atoms with Crippen molar-refractivity contribution in [3.8, 4) is 0 Å². The van der Waals surface area contributed by atoms with Crippen LogP contribution in [0, 0.1) is 0 Å². The minimum absolute atomic E-state index is 0.0742. The molecule has 0 saturated heterocycles. The molecule has 0 bridgehead atoms. The molecule has 2 unspecified atom stereocenters. The van der Waals surface area contributed by atoms with Crippen LogP contribution in [0.2, 0.25) is 0 Å². The summed E-state index contributed by atoms with van der Waals surface area (Å²) < 4.78 is 1.77. The van der Waals surface area contributed by atoms with Crippen LogP contribution >= 0.6 is 0 Å². The molecule has 1 aliphatic carbocycles. The quantitative estimate of drug-likeness (QED) is 0.746. The Morgan fingerprint density at radius 3 is 2.94 bits per heavy atom. The topological polar surface area (TPSA) is 72.9 Å². The lowest BCUT2D eigenvalue weighted by molar-refractivity contribution is 0.0924. The van der Waals surface area contributed by atoms with Gasteiger partial charge < -0.3 is 15.6 Å². The minimum atomic E-state index is -0.118. The summed E-state index contributed by atoms with van der Waals surface area (Å²) >= 11 is 0. The number of rotatable bonds is 2. The highest BCUT2D eigenvalue weighted by Gasteiger charge is 2.23. The lowest BCUT2D eigenvalue weighted by Crippen LogP contribution is -2.47. The second-order valence-corrected chi connectivity index (χ2v) is 4.81. The van der Waals surface area contributed by atoms with E-state index in [-0.39, 0.29) is 18.0 Å². The molecule has 94 valence electrons. The van der Waals surface area contributed by atoms with E-state index < -0.39 is 0 Å². The molecule has 1 fully saturated rings. The van der Waals surface area contributed by atoms with Gasteiger partial charge in [0.1, 0.15) is 5.69 Å². The van der Waals surface area contributed by atoms with Crippen molar-refractivity contribution in [2.45, 2.75) is 44.2 Å². The Labute approximate surface area is 101 Å². The van der Waals surface area contributed by atoms with Crippen molar-refractivity contribution in [1.82, 2.24) is 14.9 Å². The van der Waals surface area contributed by atoms with Gasteiger partial charge in [-0.2, -0.15) is 0 Å². The van der Waals surface area contributed by atoms with Crippen LogP contribution in [0.15, 0.2) is 12.5 Å². The largest absolute Gasteiger partial charge is 0.346 e. The van der Waals surface area contributed by atoms with Crippen molar-refractivity contribution >= 4 is 5.91 Å². The molecule has 1 heterocycles. The van der Waals surface area contributed by atoms with E-state index in [2.05, 4.69) is 10.3 Å². The third-order valence-electron chi connectivity index (χ3n) is 3.32. The summed E-state index contributed by atoms with van der Waals surface area (Å²) in [7, 11) is 1.85. The van der Waals surface area contributed by atoms with E-state index in [1.165, 1.54) is 6.42 Å². The molecule has 0 aliphatic heterocycles. The molecule has 2 atom stereocenters. The molecule has 1 aliphatic rings. The molecule has 1 amide bonds. The number of nitrogens with two attached hydrogens (primary N) is 1. The maximum absolute atomic E-state index is 11.9. The van der Waals surface area contributed by atoms with Gasteiger partial charge in [0.25, 0.3) is 5.91 Å². The van der Waals surface area contributed by atoms with E-state index in [9.17, 15) is 4.79 Å². The van der Waals surface area contributed by atoms with Gasteiger partial charge in [-0.3, -0.25) is 4.79 Å². The van der Waals surface area contributed by atoms with Gasteiger partial charge >= 0.3 is 0 Å². The number of nitrogens with one attached hydrogen (secondary N) is 1. The maximum atomic E-state index is 11.9. The number of imidazole rings is 1.